The van der Waals surface area contributed by atoms with E-state index in [2.05, 4.69) is 10.3 Å². The van der Waals surface area contributed by atoms with E-state index in [9.17, 15) is 24.1 Å². The minimum absolute atomic E-state index is 0.0327. The first-order chi connectivity index (χ1) is 10.4. The summed E-state index contributed by atoms with van der Waals surface area (Å²) >= 11 is 0.644. The van der Waals surface area contributed by atoms with Crippen molar-refractivity contribution in [3.05, 3.63) is 45.9 Å². The molecular formula is C12H8FN3O5S. The van der Waals surface area contributed by atoms with Gasteiger partial charge in [-0.2, -0.15) is 0 Å². The fourth-order valence-corrected chi connectivity index (χ4v) is 2.12. The Morgan fingerprint density at radius 2 is 2.18 bits per heavy atom. The molecule has 22 heavy (non-hydrogen) atoms. The number of hydrogen-bond donors (Lipinski definition) is 1. The number of halogens is 1. The van der Waals surface area contributed by atoms with Crippen LogP contribution in [0.1, 0.15) is 17.3 Å². The summed E-state index contributed by atoms with van der Waals surface area (Å²) < 4.78 is 18.1. The van der Waals surface area contributed by atoms with Crippen molar-refractivity contribution in [2.24, 2.45) is 0 Å². The van der Waals surface area contributed by atoms with Crippen LogP contribution in [0.25, 0.3) is 0 Å². The van der Waals surface area contributed by atoms with Gasteiger partial charge >= 0.3 is 11.0 Å². The zero-order chi connectivity index (χ0) is 16.3. The molecule has 0 atom stereocenters. The first kappa shape index (κ1) is 15.5. The molecule has 0 saturated carbocycles. The highest BCUT2D eigenvalue weighted by Crippen LogP contribution is 2.27. The molecule has 0 aliphatic rings. The van der Waals surface area contributed by atoms with Gasteiger partial charge < -0.3 is 4.74 Å². The molecule has 1 aromatic carbocycles. The first-order valence-electron chi connectivity index (χ1n) is 5.76. The van der Waals surface area contributed by atoms with Gasteiger partial charge in [0.2, 0.25) is 0 Å². The Morgan fingerprint density at radius 1 is 1.45 bits per heavy atom. The summed E-state index contributed by atoms with van der Waals surface area (Å²) in [5.41, 5.74) is -0.229. The quantitative estimate of drug-likeness (QED) is 0.400. The minimum atomic E-state index is -0.806. The van der Waals surface area contributed by atoms with E-state index in [4.69, 9.17) is 4.74 Å². The molecule has 0 bridgehead atoms. The second kappa shape index (κ2) is 6.26. The molecule has 0 aliphatic heterocycles. The normalized spacial score (nSPS) is 10.1. The van der Waals surface area contributed by atoms with E-state index in [-0.39, 0.29) is 21.4 Å². The predicted octanol–water partition coefficient (Wildman–Crippen LogP) is 2.37. The van der Waals surface area contributed by atoms with E-state index in [0.29, 0.717) is 11.3 Å². The number of amides is 1. The summed E-state index contributed by atoms with van der Waals surface area (Å²) in [6, 6.07) is 3.05. The number of benzene rings is 1. The van der Waals surface area contributed by atoms with Crippen molar-refractivity contribution >= 4 is 33.3 Å². The average Bonchev–Trinajstić information content (AvgIpc) is 2.89. The lowest BCUT2D eigenvalue weighted by molar-refractivity contribution is -0.380. The highest BCUT2D eigenvalue weighted by molar-refractivity contribution is 7.18. The molecule has 10 heteroatoms. The van der Waals surface area contributed by atoms with Crippen LogP contribution in [0.4, 0.5) is 14.5 Å². The molecule has 0 aliphatic carbocycles. The van der Waals surface area contributed by atoms with Crippen molar-refractivity contribution in [2.75, 3.05) is 5.32 Å². The number of carbonyl (C=O) groups excluding carboxylic acids is 2. The van der Waals surface area contributed by atoms with Gasteiger partial charge in [-0.15, -0.1) is 0 Å². The van der Waals surface area contributed by atoms with Gasteiger partial charge in [-0.3, -0.25) is 25.0 Å². The molecule has 1 N–H and O–H groups in total. The van der Waals surface area contributed by atoms with Crippen LogP contribution in [0.2, 0.25) is 0 Å². The van der Waals surface area contributed by atoms with Gasteiger partial charge in [0.25, 0.3) is 5.91 Å². The van der Waals surface area contributed by atoms with Crippen molar-refractivity contribution in [3.63, 3.8) is 0 Å². The Morgan fingerprint density at radius 3 is 2.77 bits per heavy atom. The lowest BCUT2D eigenvalue weighted by atomic mass is 10.2. The number of thiazole rings is 1. The van der Waals surface area contributed by atoms with Gasteiger partial charge in [0.1, 0.15) is 17.8 Å². The first-order valence-corrected chi connectivity index (χ1v) is 6.58. The number of nitrogens with zero attached hydrogens (tertiary/aromatic N) is 2. The Balaban J connectivity index is 2.26. The summed E-state index contributed by atoms with van der Waals surface area (Å²) in [4.78, 5) is 36.6. The number of hydrogen-bond acceptors (Lipinski definition) is 7. The number of aromatic nitrogens is 1. The summed E-state index contributed by atoms with van der Waals surface area (Å²) in [6.45, 7) is 1.13. The molecule has 0 fully saturated rings. The molecule has 0 spiro atoms. The molecular weight excluding hydrogens is 317 g/mol. The van der Waals surface area contributed by atoms with Crippen LogP contribution < -0.4 is 10.1 Å². The molecule has 1 aromatic heterocycles. The van der Waals surface area contributed by atoms with Gasteiger partial charge in [-0.25, -0.2) is 9.37 Å². The van der Waals surface area contributed by atoms with E-state index in [0.717, 1.165) is 31.3 Å². The summed E-state index contributed by atoms with van der Waals surface area (Å²) in [5, 5.41) is 12.5. The monoisotopic (exact) mass is 325 g/mol. The maximum absolute atomic E-state index is 13.3. The molecule has 0 radical (unpaired) electrons. The molecule has 2 aromatic rings. The summed E-state index contributed by atoms with van der Waals surface area (Å²) in [5.74, 6) is -2.31. The lowest BCUT2D eigenvalue weighted by Crippen LogP contribution is -2.15. The third-order valence-electron chi connectivity index (χ3n) is 2.33. The highest BCUT2D eigenvalue weighted by atomic mass is 32.1. The Hall–Kier alpha value is -2.88. The van der Waals surface area contributed by atoms with E-state index in [1.165, 1.54) is 0 Å². The predicted molar refractivity (Wildman–Crippen MR) is 74.4 cm³/mol. The number of carbonyl (C=O) groups is 2. The largest absolute Gasteiger partial charge is 0.426 e. The fourth-order valence-electron chi connectivity index (χ4n) is 1.50. The third kappa shape index (κ3) is 3.61. The Bertz CT molecular complexity index is 761. The van der Waals surface area contributed by atoms with E-state index < -0.39 is 22.6 Å². The second-order valence-electron chi connectivity index (χ2n) is 3.95. The molecule has 0 saturated heterocycles. The fraction of sp³-hybridized carbons (Fsp3) is 0.0833. The van der Waals surface area contributed by atoms with Crippen LogP contribution in [-0.4, -0.2) is 21.8 Å². The zero-order valence-corrected chi connectivity index (χ0v) is 11.8. The molecule has 0 unspecified atom stereocenters. The maximum atomic E-state index is 13.3. The van der Waals surface area contributed by atoms with Gasteiger partial charge in [-0.05, 0) is 29.5 Å². The van der Waals surface area contributed by atoms with Crippen molar-refractivity contribution < 1.29 is 23.6 Å². The van der Waals surface area contributed by atoms with Crippen LogP contribution in [-0.2, 0) is 4.79 Å². The van der Waals surface area contributed by atoms with Crippen molar-refractivity contribution in [1.82, 2.24) is 4.98 Å². The lowest BCUT2D eigenvalue weighted by Gasteiger charge is -2.08. The molecule has 8 nitrogen and oxygen atoms in total. The van der Waals surface area contributed by atoms with Crippen molar-refractivity contribution in [3.8, 4) is 5.75 Å². The number of esters is 1. The molecule has 2 rings (SSSR count). The minimum Gasteiger partial charge on any atom is -0.426 e. The third-order valence-corrected chi connectivity index (χ3v) is 3.20. The van der Waals surface area contributed by atoms with Gasteiger partial charge in [0.15, 0.2) is 5.13 Å². The van der Waals surface area contributed by atoms with Crippen molar-refractivity contribution in [2.45, 2.75) is 6.92 Å². The smallest absolute Gasteiger partial charge is 0.345 e. The van der Waals surface area contributed by atoms with E-state index >= 15 is 0 Å². The van der Waals surface area contributed by atoms with Crippen LogP contribution in [0.3, 0.4) is 0 Å². The zero-order valence-electron chi connectivity index (χ0n) is 11.0. The van der Waals surface area contributed by atoms with E-state index in [1.54, 1.807) is 0 Å². The number of ether oxygens (including phenoxy) is 1. The number of rotatable bonds is 4. The molecule has 1 amide bonds. The number of nitrogens with one attached hydrogen (secondary N) is 1. The number of nitro groups is 1. The molecule has 1 heterocycles. The maximum Gasteiger partial charge on any atom is 0.345 e. The standard InChI is InChI=1S/C12H8FN3O5S/c1-6(17)21-9-3-2-7(13)4-8(9)11(18)15-12-14-5-10(22-12)16(19)20/h2-5H,1H3,(H,14,15,18). The molecule has 114 valence electrons. The summed E-state index contributed by atoms with van der Waals surface area (Å²) in [6.07, 6.45) is 0.985. The van der Waals surface area contributed by atoms with Gasteiger partial charge in [-0.1, -0.05) is 0 Å². The van der Waals surface area contributed by atoms with Gasteiger partial charge in [0, 0.05) is 6.92 Å². The van der Waals surface area contributed by atoms with Gasteiger partial charge in [0.05, 0.1) is 10.5 Å². The SMILES string of the molecule is CC(=O)Oc1ccc(F)cc1C(=O)Nc1ncc([N+](=O)[O-])s1. The van der Waals surface area contributed by atoms with Crippen molar-refractivity contribution in [1.29, 1.82) is 0 Å². The van der Waals surface area contributed by atoms with E-state index in [1.807, 2.05) is 0 Å². The Kier molecular flexibility index (Phi) is 4.41. The van der Waals surface area contributed by atoms with Crippen LogP contribution in [0.5, 0.6) is 5.75 Å². The topological polar surface area (TPSA) is 111 Å². The second-order valence-corrected chi connectivity index (χ2v) is 4.96. The average molecular weight is 325 g/mol. The van der Waals surface area contributed by atoms with Crippen LogP contribution >= 0.6 is 11.3 Å². The van der Waals surface area contributed by atoms with Crippen LogP contribution in [0, 0.1) is 15.9 Å². The summed E-state index contributed by atoms with van der Waals surface area (Å²) in [7, 11) is 0. The number of anilines is 1. The van der Waals surface area contributed by atoms with Crippen LogP contribution in [0.15, 0.2) is 24.4 Å². The highest BCUT2D eigenvalue weighted by Gasteiger charge is 2.18. The Labute approximate surface area is 126 Å².